The van der Waals surface area contributed by atoms with Gasteiger partial charge in [-0.1, -0.05) is 6.92 Å². The molecule has 0 aromatic carbocycles. The van der Waals surface area contributed by atoms with Crippen molar-refractivity contribution < 1.29 is 4.74 Å². The van der Waals surface area contributed by atoms with Crippen molar-refractivity contribution in [2.45, 2.75) is 76.1 Å². The predicted molar refractivity (Wildman–Crippen MR) is 73.8 cm³/mol. The van der Waals surface area contributed by atoms with Crippen LogP contribution in [0.5, 0.6) is 0 Å². The lowest BCUT2D eigenvalue weighted by Gasteiger charge is -2.40. The van der Waals surface area contributed by atoms with Gasteiger partial charge in [-0.15, -0.1) is 0 Å². The molecule has 3 rings (SSSR count). The van der Waals surface area contributed by atoms with Crippen LogP contribution >= 0.6 is 0 Å². The van der Waals surface area contributed by atoms with E-state index in [1.165, 1.54) is 58.0 Å². The van der Waals surface area contributed by atoms with Crippen LogP contribution in [0.4, 0.5) is 0 Å². The van der Waals surface area contributed by atoms with Gasteiger partial charge in [0.25, 0.3) is 0 Å². The summed E-state index contributed by atoms with van der Waals surface area (Å²) in [5.74, 6) is 0. The van der Waals surface area contributed by atoms with Gasteiger partial charge >= 0.3 is 0 Å². The van der Waals surface area contributed by atoms with Gasteiger partial charge in [0.05, 0.1) is 6.10 Å². The molecule has 0 aromatic rings. The van der Waals surface area contributed by atoms with Gasteiger partial charge in [0, 0.05) is 24.7 Å². The molecule has 0 aliphatic carbocycles. The average molecular weight is 252 g/mol. The molecule has 3 aliphatic rings. The van der Waals surface area contributed by atoms with E-state index in [0.29, 0.717) is 6.10 Å². The molecule has 18 heavy (non-hydrogen) atoms. The van der Waals surface area contributed by atoms with Crippen LogP contribution < -0.4 is 5.32 Å². The van der Waals surface area contributed by atoms with Gasteiger partial charge in [-0.3, -0.25) is 4.90 Å². The number of rotatable bonds is 3. The Hall–Kier alpha value is -0.120. The zero-order valence-corrected chi connectivity index (χ0v) is 11.7. The third-order valence-electron chi connectivity index (χ3n) is 5.17. The van der Waals surface area contributed by atoms with Crippen LogP contribution in [-0.2, 0) is 4.74 Å². The van der Waals surface area contributed by atoms with Crippen molar-refractivity contribution in [1.82, 2.24) is 10.2 Å². The fourth-order valence-corrected chi connectivity index (χ4v) is 4.19. The van der Waals surface area contributed by atoms with Gasteiger partial charge in [-0.05, 0) is 58.0 Å². The van der Waals surface area contributed by atoms with E-state index < -0.39 is 0 Å². The number of nitrogens with zero attached hydrogens (tertiary/aromatic N) is 1. The molecule has 4 unspecified atom stereocenters. The first-order valence-corrected chi connectivity index (χ1v) is 7.99. The molecule has 3 fully saturated rings. The van der Waals surface area contributed by atoms with Crippen molar-refractivity contribution >= 4 is 0 Å². The van der Waals surface area contributed by atoms with Crippen LogP contribution in [0.1, 0.15) is 51.9 Å². The minimum Gasteiger partial charge on any atom is -0.378 e. The summed E-state index contributed by atoms with van der Waals surface area (Å²) in [6, 6.07) is 2.38. The highest BCUT2D eigenvalue weighted by molar-refractivity contribution is 4.95. The molecule has 0 radical (unpaired) electrons. The Morgan fingerprint density at radius 1 is 1.22 bits per heavy atom. The maximum Gasteiger partial charge on any atom is 0.0587 e. The Bertz CT molecular complexity index is 265. The summed E-state index contributed by atoms with van der Waals surface area (Å²) in [6.45, 7) is 5.79. The van der Waals surface area contributed by atoms with Crippen LogP contribution in [0.25, 0.3) is 0 Å². The molecule has 0 aromatic heterocycles. The van der Waals surface area contributed by atoms with Crippen molar-refractivity contribution in [3.05, 3.63) is 0 Å². The van der Waals surface area contributed by atoms with Crippen LogP contribution in [0.15, 0.2) is 0 Å². The zero-order valence-electron chi connectivity index (χ0n) is 11.7. The summed E-state index contributed by atoms with van der Waals surface area (Å²) in [5, 5.41) is 3.72. The number of nitrogens with one attached hydrogen (secondary N) is 1. The van der Waals surface area contributed by atoms with E-state index >= 15 is 0 Å². The van der Waals surface area contributed by atoms with Crippen molar-refractivity contribution in [2.75, 3.05) is 19.7 Å². The Morgan fingerprint density at radius 2 is 2.17 bits per heavy atom. The Labute approximate surface area is 111 Å². The molecule has 104 valence electrons. The summed E-state index contributed by atoms with van der Waals surface area (Å²) < 4.78 is 5.84. The number of ether oxygens (including phenoxy) is 1. The Kier molecular flexibility index (Phi) is 4.22. The molecule has 1 N–H and O–H groups in total. The lowest BCUT2D eigenvalue weighted by atomic mass is 9.97. The molecule has 3 aliphatic heterocycles. The van der Waals surface area contributed by atoms with Gasteiger partial charge in [0.15, 0.2) is 0 Å². The van der Waals surface area contributed by atoms with E-state index in [2.05, 4.69) is 17.1 Å². The third-order valence-corrected chi connectivity index (χ3v) is 5.17. The summed E-state index contributed by atoms with van der Waals surface area (Å²) in [6.07, 6.45) is 9.78. The predicted octanol–water partition coefficient (Wildman–Crippen LogP) is 2.16. The minimum atomic E-state index is 0.515. The number of hydrogen-bond donors (Lipinski definition) is 1. The molecular formula is C15H28N2O. The monoisotopic (exact) mass is 252 g/mol. The van der Waals surface area contributed by atoms with E-state index in [9.17, 15) is 0 Å². The molecule has 0 spiro atoms. The standard InChI is InChI=1S/C15H28N2O/c1-2-13-11-12(7-10-18-13)17-9-4-6-15(17)14-5-3-8-16-14/h12-16H,2-11H2,1H3. The first-order chi connectivity index (χ1) is 8.88. The molecule has 3 nitrogen and oxygen atoms in total. The van der Waals surface area contributed by atoms with Crippen molar-refractivity contribution in [2.24, 2.45) is 0 Å². The summed E-state index contributed by atoms with van der Waals surface area (Å²) >= 11 is 0. The van der Waals surface area contributed by atoms with Crippen molar-refractivity contribution in [3.8, 4) is 0 Å². The van der Waals surface area contributed by atoms with Gasteiger partial charge in [0.1, 0.15) is 0 Å². The number of hydrogen-bond acceptors (Lipinski definition) is 3. The molecule has 4 atom stereocenters. The quantitative estimate of drug-likeness (QED) is 0.833. The second-order valence-corrected chi connectivity index (χ2v) is 6.23. The maximum atomic E-state index is 5.84. The molecule has 0 saturated carbocycles. The summed E-state index contributed by atoms with van der Waals surface area (Å²) in [5.41, 5.74) is 0. The van der Waals surface area contributed by atoms with Gasteiger partial charge in [0.2, 0.25) is 0 Å². The Morgan fingerprint density at radius 3 is 2.94 bits per heavy atom. The van der Waals surface area contributed by atoms with Gasteiger partial charge in [-0.25, -0.2) is 0 Å². The highest BCUT2D eigenvalue weighted by Crippen LogP contribution is 2.31. The Balaban J connectivity index is 1.62. The van der Waals surface area contributed by atoms with E-state index in [1.807, 2.05) is 0 Å². The smallest absolute Gasteiger partial charge is 0.0587 e. The van der Waals surface area contributed by atoms with E-state index in [4.69, 9.17) is 4.74 Å². The first-order valence-electron chi connectivity index (χ1n) is 7.99. The summed E-state index contributed by atoms with van der Waals surface area (Å²) in [7, 11) is 0. The first kappa shape index (κ1) is 12.9. The van der Waals surface area contributed by atoms with E-state index in [0.717, 1.165) is 24.7 Å². The molecule has 0 bridgehead atoms. The normalized spacial score (nSPS) is 42.5. The van der Waals surface area contributed by atoms with E-state index in [1.54, 1.807) is 0 Å². The van der Waals surface area contributed by atoms with Crippen LogP contribution in [0, 0.1) is 0 Å². The topological polar surface area (TPSA) is 24.5 Å². The van der Waals surface area contributed by atoms with Crippen molar-refractivity contribution in [3.63, 3.8) is 0 Å². The SMILES string of the molecule is CCC1CC(N2CCCC2C2CCCN2)CCO1. The highest BCUT2D eigenvalue weighted by atomic mass is 16.5. The average Bonchev–Trinajstić information content (AvgIpc) is 3.09. The second-order valence-electron chi connectivity index (χ2n) is 6.23. The summed E-state index contributed by atoms with van der Waals surface area (Å²) in [4.78, 5) is 2.83. The highest BCUT2D eigenvalue weighted by Gasteiger charge is 2.38. The second kappa shape index (κ2) is 5.89. The minimum absolute atomic E-state index is 0.515. The lowest BCUT2D eigenvalue weighted by molar-refractivity contribution is -0.0333. The van der Waals surface area contributed by atoms with Crippen molar-refractivity contribution in [1.29, 1.82) is 0 Å². The van der Waals surface area contributed by atoms with Gasteiger partial charge in [-0.2, -0.15) is 0 Å². The van der Waals surface area contributed by atoms with Crippen LogP contribution in [0.3, 0.4) is 0 Å². The van der Waals surface area contributed by atoms with Crippen LogP contribution in [0.2, 0.25) is 0 Å². The maximum absolute atomic E-state index is 5.84. The van der Waals surface area contributed by atoms with E-state index in [-0.39, 0.29) is 0 Å². The number of likely N-dealkylation sites (tertiary alicyclic amines) is 1. The lowest BCUT2D eigenvalue weighted by Crippen LogP contribution is -2.50. The molecule has 3 saturated heterocycles. The fraction of sp³-hybridized carbons (Fsp3) is 1.00. The largest absolute Gasteiger partial charge is 0.378 e. The molecule has 3 heteroatoms. The third kappa shape index (κ3) is 2.59. The molecule has 0 amide bonds. The van der Waals surface area contributed by atoms with Gasteiger partial charge < -0.3 is 10.1 Å². The van der Waals surface area contributed by atoms with Crippen LogP contribution in [-0.4, -0.2) is 48.8 Å². The molecule has 3 heterocycles. The zero-order chi connectivity index (χ0) is 12.4. The molecular weight excluding hydrogens is 224 g/mol. The fourth-order valence-electron chi connectivity index (χ4n) is 4.19.